The van der Waals surface area contributed by atoms with E-state index in [0.29, 0.717) is 24.4 Å². The molecule has 0 radical (unpaired) electrons. The number of carbonyl (C=O) groups excluding carboxylic acids is 1. The van der Waals surface area contributed by atoms with Crippen molar-refractivity contribution in [3.8, 4) is 0 Å². The summed E-state index contributed by atoms with van der Waals surface area (Å²) in [6.45, 7) is 4.26. The van der Waals surface area contributed by atoms with E-state index in [-0.39, 0.29) is 0 Å². The molecular weight excluding hydrogens is 244 g/mol. The fourth-order valence-electron chi connectivity index (χ4n) is 2.82. The van der Waals surface area contributed by atoms with Crippen LogP contribution in [-0.2, 0) is 11.2 Å². The number of aromatic nitrogens is 1. The number of rotatable bonds is 5. The molecule has 2 rings (SSSR count). The molecule has 18 heavy (non-hydrogen) atoms. The lowest BCUT2D eigenvalue weighted by Crippen LogP contribution is -2.43. The summed E-state index contributed by atoms with van der Waals surface area (Å²) in [5.74, 6) is 0.310. The maximum atomic E-state index is 12.4. The van der Waals surface area contributed by atoms with Gasteiger partial charge in [0, 0.05) is 29.6 Å². The van der Waals surface area contributed by atoms with Crippen LogP contribution in [0.3, 0.4) is 0 Å². The highest BCUT2D eigenvalue weighted by molar-refractivity contribution is 7.09. The number of hydrogen-bond donors (Lipinski definition) is 0. The zero-order chi connectivity index (χ0) is 13.0. The van der Waals surface area contributed by atoms with E-state index >= 15 is 0 Å². The monoisotopic (exact) mass is 266 g/mol. The molecule has 0 bridgehead atoms. The van der Waals surface area contributed by atoms with Gasteiger partial charge in [0.1, 0.15) is 0 Å². The topological polar surface area (TPSA) is 33.2 Å². The van der Waals surface area contributed by atoms with Gasteiger partial charge < -0.3 is 4.90 Å². The minimum atomic E-state index is 0.310. The predicted molar refractivity (Wildman–Crippen MR) is 74.7 cm³/mol. The molecular formula is C14H22N2OS. The van der Waals surface area contributed by atoms with Gasteiger partial charge in [0.15, 0.2) is 0 Å². The first-order chi connectivity index (χ1) is 8.68. The molecule has 4 heteroatoms. The lowest BCUT2D eigenvalue weighted by molar-refractivity contribution is -0.135. The van der Waals surface area contributed by atoms with Gasteiger partial charge in [0.25, 0.3) is 0 Å². The SMILES string of the molecule is CC(C)N(C(=O)CCc1cncs1)C1CCCC1. The van der Waals surface area contributed by atoms with Crippen LogP contribution in [0.5, 0.6) is 0 Å². The van der Waals surface area contributed by atoms with Gasteiger partial charge in [-0.25, -0.2) is 0 Å². The first-order valence-electron chi connectivity index (χ1n) is 6.87. The van der Waals surface area contributed by atoms with Gasteiger partial charge in [-0.05, 0) is 33.1 Å². The molecule has 1 saturated carbocycles. The van der Waals surface area contributed by atoms with Crippen molar-refractivity contribution in [1.29, 1.82) is 0 Å². The van der Waals surface area contributed by atoms with Gasteiger partial charge in [0.05, 0.1) is 5.51 Å². The minimum absolute atomic E-state index is 0.310. The molecule has 1 heterocycles. The van der Waals surface area contributed by atoms with Crippen LogP contribution < -0.4 is 0 Å². The van der Waals surface area contributed by atoms with Gasteiger partial charge in [-0.1, -0.05) is 12.8 Å². The van der Waals surface area contributed by atoms with Crippen molar-refractivity contribution in [2.75, 3.05) is 0 Å². The zero-order valence-electron chi connectivity index (χ0n) is 11.3. The fraction of sp³-hybridized carbons (Fsp3) is 0.714. The third-order valence-corrected chi connectivity index (χ3v) is 4.47. The fourth-order valence-corrected chi connectivity index (χ4v) is 3.42. The molecule has 1 aliphatic rings. The molecule has 1 fully saturated rings. The summed E-state index contributed by atoms with van der Waals surface area (Å²) in [6.07, 6.45) is 8.24. The predicted octanol–water partition coefficient (Wildman–Crippen LogP) is 3.26. The second-order valence-corrected chi connectivity index (χ2v) is 6.27. The summed E-state index contributed by atoms with van der Waals surface area (Å²) < 4.78 is 0. The summed E-state index contributed by atoms with van der Waals surface area (Å²) in [4.78, 5) is 19.8. The molecule has 0 saturated heterocycles. The molecule has 0 atom stereocenters. The second-order valence-electron chi connectivity index (χ2n) is 5.30. The molecule has 1 aromatic heterocycles. The Bertz CT molecular complexity index is 369. The van der Waals surface area contributed by atoms with Crippen LogP contribution in [0.4, 0.5) is 0 Å². The number of nitrogens with zero attached hydrogens (tertiary/aromatic N) is 2. The molecule has 1 aromatic rings. The lowest BCUT2D eigenvalue weighted by Gasteiger charge is -2.33. The normalized spacial score (nSPS) is 16.4. The number of hydrogen-bond acceptors (Lipinski definition) is 3. The van der Waals surface area contributed by atoms with Crippen molar-refractivity contribution < 1.29 is 4.79 Å². The van der Waals surface area contributed by atoms with Gasteiger partial charge >= 0.3 is 0 Å². The molecule has 0 aliphatic heterocycles. The highest BCUT2D eigenvalue weighted by Crippen LogP contribution is 2.26. The van der Waals surface area contributed by atoms with Crippen molar-refractivity contribution >= 4 is 17.2 Å². The Labute approximate surface area is 113 Å². The van der Waals surface area contributed by atoms with Gasteiger partial charge in [-0.15, -0.1) is 11.3 Å². The summed E-state index contributed by atoms with van der Waals surface area (Å²) in [6, 6.07) is 0.807. The van der Waals surface area contributed by atoms with Gasteiger partial charge in [-0.3, -0.25) is 9.78 Å². The van der Waals surface area contributed by atoms with E-state index in [4.69, 9.17) is 0 Å². The summed E-state index contributed by atoms with van der Waals surface area (Å²) in [5, 5.41) is 0. The van der Waals surface area contributed by atoms with E-state index in [1.807, 2.05) is 11.7 Å². The van der Waals surface area contributed by atoms with Crippen LogP contribution in [-0.4, -0.2) is 27.9 Å². The van der Waals surface area contributed by atoms with E-state index in [1.54, 1.807) is 11.3 Å². The smallest absolute Gasteiger partial charge is 0.223 e. The first kappa shape index (κ1) is 13.5. The largest absolute Gasteiger partial charge is 0.337 e. The molecule has 1 amide bonds. The van der Waals surface area contributed by atoms with E-state index in [0.717, 1.165) is 6.42 Å². The van der Waals surface area contributed by atoms with Gasteiger partial charge in [0.2, 0.25) is 5.91 Å². The summed E-state index contributed by atoms with van der Waals surface area (Å²) in [7, 11) is 0. The maximum Gasteiger partial charge on any atom is 0.223 e. The quantitative estimate of drug-likeness (QED) is 0.819. The number of carbonyl (C=O) groups is 1. The molecule has 1 aliphatic carbocycles. The zero-order valence-corrected chi connectivity index (χ0v) is 12.1. The molecule has 0 unspecified atom stereocenters. The Morgan fingerprint density at radius 2 is 2.22 bits per heavy atom. The Balaban J connectivity index is 1.91. The van der Waals surface area contributed by atoms with Crippen molar-refractivity contribution in [3.63, 3.8) is 0 Å². The number of amides is 1. The number of aryl methyl sites for hydroxylation is 1. The van der Waals surface area contributed by atoms with E-state index in [2.05, 4.69) is 23.7 Å². The molecule has 3 nitrogen and oxygen atoms in total. The van der Waals surface area contributed by atoms with Crippen LogP contribution in [0.2, 0.25) is 0 Å². The van der Waals surface area contributed by atoms with Crippen LogP contribution in [0.1, 0.15) is 50.8 Å². The number of thiazole rings is 1. The van der Waals surface area contributed by atoms with Gasteiger partial charge in [-0.2, -0.15) is 0 Å². The van der Waals surface area contributed by atoms with E-state index in [9.17, 15) is 4.79 Å². The Morgan fingerprint density at radius 3 is 2.78 bits per heavy atom. The second kappa shape index (κ2) is 6.32. The highest BCUT2D eigenvalue weighted by Gasteiger charge is 2.28. The van der Waals surface area contributed by atoms with Crippen molar-refractivity contribution in [2.45, 2.75) is 64.5 Å². The molecule has 100 valence electrons. The van der Waals surface area contributed by atoms with Crippen LogP contribution >= 0.6 is 11.3 Å². The molecule has 0 aromatic carbocycles. The van der Waals surface area contributed by atoms with Crippen molar-refractivity contribution in [3.05, 3.63) is 16.6 Å². The average molecular weight is 266 g/mol. The summed E-state index contributed by atoms with van der Waals surface area (Å²) >= 11 is 1.64. The lowest BCUT2D eigenvalue weighted by atomic mass is 10.1. The first-order valence-corrected chi connectivity index (χ1v) is 7.75. The van der Waals surface area contributed by atoms with Crippen molar-refractivity contribution in [2.24, 2.45) is 0 Å². The Morgan fingerprint density at radius 1 is 1.50 bits per heavy atom. The summed E-state index contributed by atoms with van der Waals surface area (Å²) in [5.41, 5.74) is 1.83. The Kier molecular flexibility index (Phi) is 4.75. The van der Waals surface area contributed by atoms with Crippen LogP contribution in [0, 0.1) is 0 Å². The van der Waals surface area contributed by atoms with Crippen LogP contribution in [0.25, 0.3) is 0 Å². The molecule has 0 spiro atoms. The van der Waals surface area contributed by atoms with E-state index < -0.39 is 0 Å². The third kappa shape index (κ3) is 3.31. The van der Waals surface area contributed by atoms with Crippen LogP contribution in [0.15, 0.2) is 11.7 Å². The standard InChI is InChI=1S/C14H22N2OS/c1-11(2)16(12-5-3-4-6-12)14(17)8-7-13-9-15-10-18-13/h9-12H,3-8H2,1-2H3. The van der Waals surface area contributed by atoms with Crippen molar-refractivity contribution in [1.82, 2.24) is 9.88 Å². The maximum absolute atomic E-state index is 12.4. The van der Waals surface area contributed by atoms with E-state index in [1.165, 1.54) is 30.6 Å². The minimum Gasteiger partial charge on any atom is -0.337 e. The average Bonchev–Trinajstić information content (AvgIpc) is 2.99. The Hall–Kier alpha value is -0.900. The highest BCUT2D eigenvalue weighted by atomic mass is 32.1. The third-order valence-electron chi connectivity index (χ3n) is 3.63. The molecule has 0 N–H and O–H groups in total.